The van der Waals surface area contributed by atoms with Gasteiger partial charge in [-0.15, -0.1) is 0 Å². The van der Waals surface area contributed by atoms with Gasteiger partial charge < -0.3 is 4.74 Å². The molecular weight excluding hydrogens is 355 g/mol. The Morgan fingerprint density at radius 3 is 2.20 bits per heavy atom. The first kappa shape index (κ1) is 19.3. The second kappa shape index (κ2) is 7.45. The van der Waals surface area contributed by atoms with Crippen molar-refractivity contribution in [3.8, 4) is 5.75 Å². The summed E-state index contributed by atoms with van der Waals surface area (Å²) in [4.78, 5) is -0.916. The molecule has 0 N–H and O–H groups in total. The van der Waals surface area contributed by atoms with E-state index in [1.54, 1.807) is 12.1 Å². The van der Waals surface area contributed by atoms with Crippen molar-refractivity contribution in [1.82, 2.24) is 4.31 Å². The number of rotatable bonds is 6. The predicted molar refractivity (Wildman–Crippen MR) is 87.5 cm³/mol. The van der Waals surface area contributed by atoms with Crippen LogP contribution in [0.25, 0.3) is 0 Å². The molecule has 0 saturated heterocycles. The van der Waals surface area contributed by atoms with E-state index in [0.29, 0.717) is 17.9 Å². The van der Waals surface area contributed by atoms with Crippen molar-refractivity contribution in [3.05, 3.63) is 58.9 Å². The molecule has 0 aromatic heterocycles. The molecule has 0 aliphatic rings. The highest BCUT2D eigenvalue weighted by Crippen LogP contribution is 2.22. The van der Waals surface area contributed by atoms with Crippen LogP contribution in [-0.2, 0) is 10.0 Å². The molecule has 0 amide bonds. The van der Waals surface area contributed by atoms with Crippen LogP contribution in [0.4, 0.5) is 13.2 Å². The van der Waals surface area contributed by atoms with Gasteiger partial charge in [0.2, 0.25) is 10.0 Å². The molecular formula is C17H18F3NO3S. The number of hydrogen-bond donors (Lipinski definition) is 0. The summed E-state index contributed by atoms with van der Waals surface area (Å²) in [6.07, 6.45) is 0. The summed E-state index contributed by atoms with van der Waals surface area (Å²) in [6.45, 7) is 3.74. The largest absolute Gasteiger partial charge is 0.492 e. The number of halogens is 3. The molecule has 0 atom stereocenters. The van der Waals surface area contributed by atoms with Gasteiger partial charge in [0.1, 0.15) is 17.3 Å². The van der Waals surface area contributed by atoms with Crippen LogP contribution in [0, 0.1) is 31.3 Å². The molecule has 0 bridgehead atoms. The zero-order valence-electron chi connectivity index (χ0n) is 14.0. The Hall–Kier alpha value is -2.06. The molecule has 4 nitrogen and oxygen atoms in total. The molecule has 2 aromatic rings. The fourth-order valence-corrected chi connectivity index (χ4v) is 3.51. The van der Waals surface area contributed by atoms with E-state index < -0.39 is 32.4 Å². The van der Waals surface area contributed by atoms with Gasteiger partial charge in [0, 0.05) is 13.6 Å². The van der Waals surface area contributed by atoms with E-state index >= 15 is 0 Å². The van der Waals surface area contributed by atoms with Crippen LogP contribution in [0.1, 0.15) is 11.1 Å². The molecule has 0 unspecified atom stereocenters. The van der Waals surface area contributed by atoms with Crippen molar-refractivity contribution in [3.63, 3.8) is 0 Å². The minimum atomic E-state index is -4.31. The molecule has 0 fully saturated rings. The lowest BCUT2D eigenvalue weighted by atomic mass is 10.1. The Labute approximate surface area is 144 Å². The van der Waals surface area contributed by atoms with Gasteiger partial charge in [-0.3, -0.25) is 0 Å². The number of sulfonamides is 1. The number of ether oxygens (including phenoxy) is 1. The Bertz CT molecular complexity index is 865. The summed E-state index contributed by atoms with van der Waals surface area (Å²) < 4.78 is 70.9. The topological polar surface area (TPSA) is 46.6 Å². The van der Waals surface area contributed by atoms with E-state index in [9.17, 15) is 21.6 Å². The maximum atomic E-state index is 13.7. The minimum Gasteiger partial charge on any atom is -0.492 e. The van der Waals surface area contributed by atoms with Crippen molar-refractivity contribution in [2.45, 2.75) is 18.7 Å². The summed E-state index contributed by atoms with van der Waals surface area (Å²) in [5, 5.41) is 0. The zero-order chi connectivity index (χ0) is 18.8. The van der Waals surface area contributed by atoms with E-state index in [1.165, 1.54) is 7.05 Å². The Balaban J connectivity index is 2.09. The smallest absolute Gasteiger partial charge is 0.245 e. The van der Waals surface area contributed by atoms with Gasteiger partial charge in [0.15, 0.2) is 17.5 Å². The Morgan fingerprint density at radius 2 is 1.60 bits per heavy atom. The Morgan fingerprint density at radius 1 is 1.00 bits per heavy atom. The average molecular weight is 373 g/mol. The fraction of sp³-hybridized carbons (Fsp3) is 0.294. The van der Waals surface area contributed by atoms with Crippen molar-refractivity contribution in [2.75, 3.05) is 20.2 Å². The van der Waals surface area contributed by atoms with Crippen LogP contribution >= 0.6 is 0 Å². The van der Waals surface area contributed by atoms with Crippen molar-refractivity contribution in [1.29, 1.82) is 0 Å². The molecule has 0 saturated carbocycles. The lowest BCUT2D eigenvalue weighted by molar-refractivity contribution is 0.286. The van der Waals surface area contributed by atoms with E-state index in [2.05, 4.69) is 0 Å². The van der Waals surface area contributed by atoms with Crippen molar-refractivity contribution in [2.24, 2.45) is 0 Å². The summed E-state index contributed by atoms with van der Waals surface area (Å²) in [6, 6.07) is 6.85. The van der Waals surface area contributed by atoms with Crippen LogP contribution in [0.5, 0.6) is 5.75 Å². The highest BCUT2D eigenvalue weighted by atomic mass is 32.2. The first-order valence-corrected chi connectivity index (χ1v) is 8.88. The molecule has 0 aliphatic heterocycles. The first-order chi connectivity index (χ1) is 11.6. The maximum absolute atomic E-state index is 13.7. The van der Waals surface area contributed by atoms with E-state index in [-0.39, 0.29) is 13.2 Å². The van der Waals surface area contributed by atoms with Crippen LogP contribution in [0.3, 0.4) is 0 Å². The van der Waals surface area contributed by atoms with Gasteiger partial charge in [-0.1, -0.05) is 6.07 Å². The lowest BCUT2D eigenvalue weighted by Gasteiger charge is -2.18. The monoisotopic (exact) mass is 373 g/mol. The third-order valence-corrected chi connectivity index (χ3v) is 5.43. The van der Waals surface area contributed by atoms with Crippen molar-refractivity contribution < 1.29 is 26.3 Å². The molecule has 0 spiro atoms. The number of benzene rings is 2. The van der Waals surface area contributed by atoms with Crippen molar-refractivity contribution >= 4 is 10.0 Å². The molecule has 2 aromatic carbocycles. The number of aryl methyl sites for hydroxylation is 2. The highest BCUT2D eigenvalue weighted by Gasteiger charge is 2.27. The van der Waals surface area contributed by atoms with Crippen LogP contribution < -0.4 is 4.74 Å². The predicted octanol–water partition coefficient (Wildman–Crippen LogP) is 3.42. The molecule has 0 radical (unpaired) electrons. The number of nitrogens with zero attached hydrogens (tertiary/aromatic N) is 1. The van der Waals surface area contributed by atoms with Crippen LogP contribution in [0.2, 0.25) is 0 Å². The second-order valence-corrected chi connectivity index (χ2v) is 7.69. The maximum Gasteiger partial charge on any atom is 0.245 e. The molecule has 136 valence electrons. The fourth-order valence-electron chi connectivity index (χ4n) is 2.30. The van der Waals surface area contributed by atoms with Crippen LogP contribution in [-0.4, -0.2) is 32.9 Å². The van der Waals surface area contributed by atoms with E-state index in [4.69, 9.17) is 4.74 Å². The molecule has 0 aliphatic carbocycles. The summed E-state index contributed by atoms with van der Waals surface area (Å²) >= 11 is 0. The summed E-state index contributed by atoms with van der Waals surface area (Å²) in [7, 11) is -3.10. The van der Waals surface area contributed by atoms with Gasteiger partial charge in [-0.2, -0.15) is 4.31 Å². The van der Waals surface area contributed by atoms with Gasteiger partial charge in [0.05, 0.1) is 0 Å². The highest BCUT2D eigenvalue weighted by molar-refractivity contribution is 7.89. The number of likely N-dealkylation sites (N-methyl/N-ethyl adjacent to an activating group) is 1. The summed E-state index contributed by atoms with van der Waals surface area (Å²) in [5.41, 5.74) is 2.00. The SMILES string of the molecule is Cc1cc(C)cc(OCCN(C)S(=O)(=O)c2ccc(F)c(F)c2F)c1. The van der Waals surface area contributed by atoms with Gasteiger partial charge in [0.25, 0.3) is 0 Å². The lowest BCUT2D eigenvalue weighted by Crippen LogP contribution is -2.31. The molecule has 2 rings (SSSR count). The summed E-state index contributed by atoms with van der Waals surface area (Å²) in [5.74, 6) is -4.41. The zero-order valence-corrected chi connectivity index (χ0v) is 14.8. The van der Waals surface area contributed by atoms with Gasteiger partial charge in [-0.25, -0.2) is 21.6 Å². The minimum absolute atomic E-state index is 0.0178. The van der Waals surface area contributed by atoms with E-state index in [1.807, 2.05) is 19.9 Å². The normalized spacial score (nSPS) is 11.8. The quantitative estimate of drug-likeness (QED) is 0.729. The standard InChI is InChI=1S/C17H18F3NO3S/c1-11-8-12(2)10-13(9-11)24-7-6-21(3)25(22,23)15-5-4-14(18)16(19)17(15)20/h4-5,8-10H,6-7H2,1-3H3. The third kappa shape index (κ3) is 4.32. The molecule has 8 heteroatoms. The van der Waals surface area contributed by atoms with E-state index in [0.717, 1.165) is 15.4 Å². The molecule has 0 heterocycles. The first-order valence-electron chi connectivity index (χ1n) is 7.44. The van der Waals surface area contributed by atoms with Gasteiger partial charge in [-0.05, 0) is 49.2 Å². The van der Waals surface area contributed by atoms with Crippen LogP contribution in [0.15, 0.2) is 35.2 Å². The average Bonchev–Trinajstić information content (AvgIpc) is 2.51. The van der Waals surface area contributed by atoms with Gasteiger partial charge >= 0.3 is 0 Å². The Kier molecular flexibility index (Phi) is 5.74. The number of hydrogen-bond acceptors (Lipinski definition) is 3. The molecule has 25 heavy (non-hydrogen) atoms. The third-order valence-electron chi connectivity index (χ3n) is 3.56. The second-order valence-electron chi connectivity index (χ2n) is 5.67.